The summed E-state index contributed by atoms with van der Waals surface area (Å²) < 4.78 is 8.36. The molecule has 0 aromatic heterocycles. The zero-order chi connectivity index (χ0) is 2.00. The maximum atomic E-state index is 8.36. The molecule has 0 aliphatic carbocycles. The number of hydrogen-bond acceptors (Lipinski definition) is 1. The molecular formula is H2BiINaO. The molecule has 0 saturated carbocycles. The molecule has 0 aliphatic rings. The average molecular weight is 377 g/mol. The first-order chi connectivity index (χ1) is 1.00. The summed E-state index contributed by atoms with van der Waals surface area (Å²) in [6.07, 6.45) is 0. The quantitative estimate of drug-likeness (QED) is 0.330. The summed E-state index contributed by atoms with van der Waals surface area (Å²) in [5.74, 6) is 0. The van der Waals surface area contributed by atoms with E-state index in [-0.39, 0.29) is 79.7 Å². The SMILES string of the molecule is I.[H-].[Na+].[O]=[Bi]. The molecule has 4 heavy (non-hydrogen) atoms. The fourth-order valence-electron chi connectivity index (χ4n) is 0. The van der Waals surface area contributed by atoms with E-state index in [0.29, 0.717) is 0 Å². The maximum absolute atomic E-state index is 8.36. The zero-order valence-electron chi connectivity index (χ0n) is 3.26. The molecule has 0 heterocycles. The van der Waals surface area contributed by atoms with Crippen LogP contribution in [-0.2, 0) is 2.81 Å². The number of hydrogen-bond donors (Lipinski definition) is 0. The molecule has 1 nitrogen and oxygen atoms in total. The van der Waals surface area contributed by atoms with E-state index in [2.05, 4.69) is 0 Å². The van der Waals surface area contributed by atoms with Crippen molar-refractivity contribution in [3.63, 3.8) is 0 Å². The fraction of sp³-hybridized carbons (Fsp3) is 0. The van der Waals surface area contributed by atoms with Crippen molar-refractivity contribution in [1.82, 2.24) is 0 Å². The van der Waals surface area contributed by atoms with Crippen molar-refractivity contribution >= 4 is 48.7 Å². The summed E-state index contributed by atoms with van der Waals surface area (Å²) in [6, 6.07) is 0. The van der Waals surface area contributed by atoms with Crippen LogP contribution in [0.1, 0.15) is 1.43 Å². The standard InChI is InChI=1S/Bi.HI.Na.O.H/h;1H;;;/q;;+1;;-1. The molecular weight excluding hydrogens is 375 g/mol. The van der Waals surface area contributed by atoms with Crippen molar-refractivity contribution in [1.29, 1.82) is 0 Å². The second-order valence-electron chi connectivity index (χ2n) is 0. The summed E-state index contributed by atoms with van der Waals surface area (Å²) in [5, 5.41) is 0. The molecule has 0 aromatic rings. The first-order valence-corrected chi connectivity index (χ1v) is 1.60. The summed E-state index contributed by atoms with van der Waals surface area (Å²) in [4.78, 5) is 0. The van der Waals surface area contributed by atoms with Gasteiger partial charge in [0.05, 0.1) is 0 Å². The molecule has 0 fully saturated rings. The van der Waals surface area contributed by atoms with Crippen molar-refractivity contribution in [2.24, 2.45) is 0 Å². The number of rotatable bonds is 0. The minimum absolute atomic E-state index is 0. The van der Waals surface area contributed by atoms with Gasteiger partial charge >= 0.3 is 57.1 Å². The third-order valence-corrected chi connectivity index (χ3v) is 0. The van der Waals surface area contributed by atoms with E-state index in [9.17, 15) is 0 Å². The van der Waals surface area contributed by atoms with Gasteiger partial charge < -0.3 is 1.43 Å². The Hall–Kier alpha value is 2.41. The van der Waals surface area contributed by atoms with Gasteiger partial charge in [0.1, 0.15) is 0 Å². The van der Waals surface area contributed by atoms with Crippen molar-refractivity contribution in [2.45, 2.75) is 0 Å². The van der Waals surface area contributed by atoms with Crippen LogP contribution in [-0.4, -0.2) is 24.7 Å². The third-order valence-electron chi connectivity index (χ3n) is 0. The van der Waals surface area contributed by atoms with Gasteiger partial charge in [0.15, 0.2) is 0 Å². The Balaban J connectivity index is -0.00000000167. The van der Waals surface area contributed by atoms with Crippen LogP contribution in [0.3, 0.4) is 0 Å². The zero-order valence-corrected chi connectivity index (χ0v) is 10.1. The molecule has 1 radical (unpaired) electrons. The number of halogens is 1. The van der Waals surface area contributed by atoms with E-state index in [1.807, 2.05) is 0 Å². The molecule has 21 valence electrons. The van der Waals surface area contributed by atoms with Crippen molar-refractivity contribution < 1.29 is 33.8 Å². The van der Waals surface area contributed by atoms with Gasteiger partial charge in [-0.3, -0.25) is 0 Å². The van der Waals surface area contributed by atoms with E-state index >= 15 is 0 Å². The molecule has 0 spiro atoms. The molecule has 0 aliphatic heterocycles. The Bertz CT molecular complexity index is 11.6. The average Bonchev–Trinajstić information content (AvgIpc) is 1.00. The first-order valence-electron chi connectivity index (χ1n) is 0.183. The van der Waals surface area contributed by atoms with Crippen molar-refractivity contribution in [3.8, 4) is 0 Å². The molecule has 0 atom stereocenters. The third kappa shape index (κ3) is 8.83. The van der Waals surface area contributed by atoms with Crippen molar-refractivity contribution in [3.05, 3.63) is 0 Å². The molecule has 0 saturated heterocycles. The monoisotopic (exact) mass is 377 g/mol. The summed E-state index contributed by atoms with van der Waals surface area (Å²) >= 11 is 0.194. The van der Waals surface area contributed by atoms with Gasteiger partial charge in [0.2, 0.25) is 0 Å². The van der Waals surface area contributed by atoms with E-state index in [4.69, 9.17) is 2.81 Å². The summed E-state index contributed by atoms with van der Waals surface area (Å²) in [7, 11) is 0. The Kier molecular flexibility index (Phi) is 73.0. The van der Waals surface area contributed by atoms with E-state index in [1.165, 1.54) is 0 Å². The van der Waals surface area contributed by atoms with Gasteiger partial charge in [0, 0.05) is 0 Å². The Morgan fingerprint density at radius 3 is 1.50 bits per heavy atom. The normalized spacial score (nSPS) is 1.00. The van der Waals surface area contributed by atoms with Crippen LogP contribution in [0.5, 0.6) is 0 Å². The predicted octanol–water partition coefficient (Wildman–Crippen LogP) is -2.77. The van der Waals surface area contributed by atoms with Gasteiger partial charge in [-0.05, 0) is 0 Å². The molecule has 0 rings (SSSR count). The second kappa shape index (κ2) is 18.1. The van der Waals surface area contributed by atoms with E-state index in [1.54, 1.807) is 0 Å². The van der Waals surface area contributed by atoms with E-state index in [0.717, 1.165) is 0 Å². The molecule has 0 amide bonds. The van der Waals surface area contributed by atoms with Gasteiger partial charge in [0.25, 0.3) is 0 Å². The van der Waals surface area contributed by atoms with Crippen LogP contribution in [0, 0.1) is 0 Å². The molecule has 4 heteroatoms. The molecule has 0 N–H and O–H groups in total. The molecule has 0 unspecified atom stereocenters. The molecule has 0 aromatic carbocycles. The van der Waals surface area contributed by atoms with Gasteiger partial charge in [-0.2, -0.15) is 0 Å². The van der Waals surface area contributed by atoms with Crippen LogP contribution in [0.4, 0.5) is 0 Å². The molecule has 0 bridgehead atoms. The topological polar surface area (TPSA) is 17.1 Å². The van der Waals surface area contributed by atoms with E-state index < -0.39 is 0 Å². The summed E-state index contributed by atoms with van der Waals surface area (Å²) in [5.41, 5.74) is 0. The second-order valence-corrected chi connectivity index (χ2v) is 0. The van der Waals surface area contributed by atoms with Crippen LogP contribution < -0.4 is 29.6 Å². The predicted molar refractivity (Wildman–Crippen MR) is 23.0 cm³/mol. The first kappa shape index (κ1) is 16.1. The van der Waals surface area contributed by atoms with Crippen LogP contribution >= 0.6 is 24.0 Å². The van der Waals surface area contributed by atoms with Gasteiger partial charge in [-0.1, -0.05) is 0 Å². The Morgan fingerprint density at radius 2 is 1.50 bits per heavy atom. The van der Waals surface area contributed by atoms with Crippen LogP contribution in [0.2, 0.25) is 0 Å². The Morgan fingerprint density at radius 1 is 1.50 bits per heavy atom. The minimum atomic E-state index is 0. The fourth-order valence-corrected chi connectivity index (χ4v) is 0. The van der Waals surface area contributed by atoms with Gasteiger partial charge in [-0.25, -0.2) is 0 Å². The van der Waals surface area contributed by atoms with Crippen molar-refractivity contribution in [2.75, 3.05) is 0 Å². The van der Waals surface area contributed by atoms with Crippen LogP contribution in [0.25, 0.3) is 0 Å². The van der Waals surface area contributed by atoms with Crippen LogP contribution in [0.15, 0.2) is 0 Å². The summed E-state index contributed by atoms with van der Waals surface area (Å²) in [6.45, 7) is 0. The Labute approximate surface area is 81.0 Å². The van der Waals surface area contributed by atoms with Gasteiger partial charge in [-0.15, -0.1) is 24.0 Å².